The number of carboxylic acid groups (broad SMARTS) is 1. The van der Waals surface area contributed by atoms with Crippen molar-refractivity contribution in [3.05, 3.63) is 76.9 Å². The number of rotatable bonds is 10. The molecule has 1 saturated heterocycles. The van der Waals surface area contributed by atoms with E-state index in [1.165, 1.54) is 10.6 Å². The lowest BCUT2D eigenvalue weighted by atomic mass is 9.94. The van der Waals surface area contributed by atoms with Gasteiger partial charge in [0.25, 0.3) is 0 Å². The summed E-state index contributed by atoms with van der Waals surface area (Å²) in [6.45, 7) is 6.39. The third-order valence-electron chi connectivity index (χ3n) is 7.29. The fourth-order valence-electron chi connectivity index (χ4n) is 5.29. The normalized spacial score (nSPS) is 17.3. The highest BCUT2D eigenvalue weighted by Crippen LogP contribution is 2.38. The Hall–Kier alpha value is -3.56. The summed E-state index contributed by atoms with van der Waals surface area (Å²) in [5, 5.41) is 9.10. The van der Waals surface area contributed by atoms with Gasteiger partial charge in [-0.05, 0) is 65.9 Å². The fourth-order valence-corrected chi connectivity index (χ4v) is 6.25. The SMILES string of the molecule is Cc1cc(OCC2CN(S(C)(=O)=O)C2)cc(C)c1-c1cccc(COc2ccc3c(c2)OCC3CC(=O)O)c1. The van der Waals surface area contributed by atoms with Crippen LogP contribution in [0.5, 0.6) is 17.2 Å². The number of carboxylic acids is 1. The number of sulfonamides is 1. The maximum absolute atomic E-state index is 11.6. The van der Waals surface area contributed by atoms with E-state index in [2.05, 4.69) is 26.0 Å². The van der Waals surface area contributed by atoms with Crippen LogP contribution in [0.25, 0.3) is 11.1 Å². The van der Waals surface area contributed by atoms with Gasteiger partial charge in [0.2, 0.25) is 10.0 Å². The second-order valence-electron chi connectivity index (χ2n) is 10.5. The zero-order valence-electron chi connectivity index (χ0n) is 22.3. The van der Waals surface area contributed by atoms with Gasteiger partial charge in [0, 0.05) is 36.6 Å². The molecule has 0 aromatic heterocycles. The summed E-state index contributed by atoms with van der Waals surface area (Å²) < 4.78 is 42.4. The molecule has 2 aliphatic rings. The van der Waals surface area contributed by atoms with E-state index in [0.29, 0.717) is 44.4 Å². The standard InChI is InChI=1S/C30H33NO7S/c1-19-9-26(37-17-22-14-31(15-22)39(3,34)35)10-20(2)30(19)23-6-4-5-21(11-23)16-36-25-7-8-27-24(12-29(32)33)18-38-28(27)13-25/h4-11,13,22,24H,12,14-18H2,1-3H3,(H,32,33). The molecule has 0 bridgehead atoms. The summed E-state index contributed by atoms with van der Waals surface area (Å²) >= 11 is 0. The van der Waals surface area contributed by atoms with Gasteiger partial charge >= 0.3 is 5.97 Å². The first kappa shape index (κ1) is 27.0. The topological polar surface area (TPSA) is 102 Å². The van der Waals surface area contributed by atoms with Crippen LogP contribution in [0.2, 0.25) is 0 Å². The van der Waals surface area contributed by atoms with E-state index in [1.807, 2.05) is 42.5 Å². The van der Waals surface area contributed by atoms with Gasteiger partial charge in [0.05, 0.1) is 25.9 Å². The van der Waals surface area contributed by atoms with Gasteiger partial charge in [0.15, 0.2) is 0 Å². The van der Waals surface area contributed by atoms with Gasteiger partial charge < -0.3 is 19.3 Å². The predicted molar refractivity (Wildman–Crippen MR) is 148 cm³/mol. The van der Waals surface area contributed by atoms with Crippen LogP contribution in [0.1, 0.15) is 34.6 Å². The summed E-state index contributed by atoms with van der Waals surface area (Å²) in [6.07, 6.45) is 1.29. The van der Waals surface area contributed by atoms with Crippen molar-refractivity contribution >= 4 is 16.0 Å². The number of fused-ring (bicyclic) bond motifs is 1. The van der Waals surface area contributed by atoms with Crippen LogP contribution in [-0.2, 0) is 21.4 Å². The van der Waals surface area contributed by atoms with Crippen molar-refractivity contribution in [3.8, 4) is 28.4 Å². The summed E-state index contributed by atoms with van der Waals surface area (Å²) in [6, 6.07) is 17.9. The molecule has 2 aliphatic heterocycles. The van der Waals surface area contributed by atoms with Crippen molar-refractivity contribution in [2.24, 2.45) is 5.92 Å². The number of benzene rings is 3. The largest absolute Gasteiger partial charge is 0.493 e. The van der Waals surface area contributed by atoms with E-state index >= 15 is 0 Å². The molecule has 39 heavy (non-hydrogen) atoms. The Labute approximate surface area is 229 Å². The first-order valence-corrected chi connectivity index (χ1v) is 14.8. The minimum Gasteiger partial charge on any atom is -0.493 e. The first-order chi connectivity index (χ1) is 18.6. The molecule has 0 saturated carbocycles. The number of hydrogen-bond donors (Lipinski definition) is 1. The van der Waals surface area contributed by atoms with Crippen LogP contribution >= 0.6 is 0 Å². The molecule has 1 unspecified atom stereocenters. The Bertz CT molecular complexity index is 1470. The molecule has 1 atom stereocenters. The average Bonchev–Trinajstić information content (AvgIpc) is 3.22. The van der Waals surface area contributed by atoms with Crippen molar-refractivity contribution in [1.29, 1.82) is 0 Å². The second-order valence-corrected chi connectivity index (χ2v) is 12.5. The molecule has 2 heterocycles. The highest BCUT2D eigenvalue weighted by Gasteiger charge is 2.33. The van der Waals surface area contributed by atoms with Crippen LogP contribution in [0, 0.1) is 19.8 Å². The zero-order valence-corrected chi connectivity index (χ0v) is 23.2. The van der Waals surface area contributed by atoms with E-state index in [4.69, 9.17) is 19.3 Å². The molecule has 9 heteroatoms. The highest BCUT2D eigenvalue weighted by atomic mass is 32.2. The van der Waals surface area contributed by atoms with Gasteiger partial charge in [-0.2, -0.15) is 0 Å². The Morgan fingerprint density at radius 2 is 1.77 bits per heavy atom. The highest BCUT2D eigenvalue weighted by molar-refractivity contribution is 7.88. The van der Waals surface area contributed by atoms with E-state index in [0.717, 1.165) is 39.1 Å². The Balaban J connectivity index is 1.22. The molecule has 5 rings (SSSR count). The maximum Gasteiger partial charge on any atom is 0.304 e. The molecule has 0 aliphatic carbocycles. The van der Waals surface area contributed by atoms with Crippen LogP contribution in [0.15, 0.2) is 54.6 Å². The van der Waals surface area contributed by atoms with Crippen molar-refractivity contribution in [2.75, 3.05) is 32.6 Å². The molecule has 0 spiro atoms. The summed E-state index contributed by atoms with van der Waals surface area (Å²) in [5.74, 6) is 1.40. The summed E-state index contributed by atoms with van der Waals surface area (Å²) in [7, 11) is -3.12. The van der Waals surface area contributed by atoms with Crippen molar-refractivity contribution in [3.63, 3.8) is 0 Å². The molecule has 3 aromatic carbocycles. The molecule has 1 fully saturated rings. The number of aryl methyl sites for hydroxylation is 2. The van der Waals surface area contributed by atoms with Crippen LogP contribution in [0.3, 0.4) is 0 Å². The third-order valence-corrected chi connectivity index (χ3v) is 8.53. The van der Waals surface area contributed by atoms with Gasteiger partial charge in [0.1, 0.15) is 23.9 Å². The molecular formula is C30H33NO7S. The Morgan fingerprint density at radius 1 is 1.03 bits per heavy atom. The number of ether oxygens (including phenoxy) is 3. The minimum atomic E-state index is -3.12. The summed E-state index contributed by atoms with van der Waals surface area (Å²) in [4.78, 5) is 11.1. The third kappa shape index (κ3) is 6.20. The maximum atomic E-state index is 11.6. The zero-order chi connectivity index (χ0) is 27.7. The van der Waals surface area contributed by atoms with Gasteiger partial charge in [-0.1, -0.05) is 24.3 Å². The van der Waals surface area contributed by atoms with E-state index in [9.17, 15) is 13.2 Å². The van der Waals surface area contributed by atoms with E-state index < -0.39 is 16.0 Å². The number of aliphatic carboxylic acids is 1. The van der Waals surface area contributed by atoms with E-state index in [1.54, 1.807) is 0 Å². The second kappa shape index (κ2) is 10.9. The lowest BCUT2D eigenvalue weighted by Crippen LogP contribution is -2.51. The molecule has 206 valence electrons. The number of carbonyl (C=O) groups is 1. The van der Waals surface area contributed by atoms with Crippen LogP contribution in [0.4, 0.5) is 0 Å². The Morgan fingerprint density at radius 3 is 2.46 bits per heavy atom. The van der Waals surface area contributed by atoms with Crippen molar-refractivity contribution < 1.29 is 32.5 Å². The lowest BCUT2D eigenvalue weighted by Gasteiger charge is -2.36. The smallest absolute Gasteiger partial charge is 0.304 e. The molecule has 1 N–H and O–H groups in total. The van der Waals surface area contributed by atoms with Gasteiger partial charge in [-0.3, -0.25) is 4.79 Å². The van der Waals surface area contributed by atoms with Crippen LogP contribution in [-0.4, -0.2) is 56.4 Å². The first-order valence-electron chi connectivity index (χ1n) is 13.0. The van der Waals surface area contributed by atoms with E-state index in [-0.39, 0.29) is 18.3 Å². The monoisotopic (exact) mass is 551 g/mol. The van der Waals surface area contributed by atoms with Crippen molar-refractivity contribution in [2.45, 2.75) is 32.8 Å². The minimum absolute atomic E-state index is 0.0522. The lowest BCUT2D eigenvalue weighted by molar-refractivity contribution is -0.137. The molecule has 0 radical (unpaired) electrons. The number of nitrogens with zero attached hydrogens (tertiary/aromatic N) is 1. The predicted octanol–water partition coefficient (Wildman–Crippen LogP) is 4.77. The number of hydrogen-bond acceptors (Lipinski definition) is 6. The van der Waals surface area contributed by atoms with Gasteiger partial charge in [-0.15, -0.1) is 0 Å². The average molecular weight is 552 g/mol. The van der Waals surface area contributed by atoms with Gasteiger partial charge in [-0.25, -0.2) is 12.7 Å². The molecule has 0 amide bonds. The van der Waals surface area contributed by atoms with Crippen LogP contribution < -0.4 is 14.2 Å². The molecule has 3 aromatic rings. The quantitative estimate of drug-likeness (QED) is 0.387. The molecular weight excluding hydrogens is 518 g/mol. The summed E-state index contributed by atoms with van der Waals surface area (Å²) in [5.41, 5.74) is 6.37. The fraction of sp³-hybridized carbons (Fsp3) is 0.367. The molecule has 8 nitrogen and oxygen atoms in total. The van der Waals surface area contributed by atoms with Crippen molar-refractivity contribution in [1.82, 2.24) is 4.31 Å². The Kier molecular flexibility index (Phi) is 7.55.